The lowest BCUT2D eigenvalue weighted by Crippen LogP contribution is -2.28. The number of nitrogens with one attached hydrogen (secondary N) is 2. The molecule has 3 heterocycles. The fraction of sp³-hybridized carbons (Fsp3) is 0.250. The van der Waals surface area contributed by atoms with E-state index >= 15 is 0 Å². The van der Waals surface area contributed by atoms with Gasteiger partial charge in [0.2, 0.25) is 0 Å². The van der Waals surface area contributed by atoms with Gasteiger partial charge in [-0.1, -0.05) is 0 Å². The van der Waals surface area contributed by atoms with Crippen molar-refractivity contribution in [2.75, 3.05) is 23.8 Å². The summed E-state index contributed by atoms with van der Waals surface area (Å²) in [5.74, 6) is 0.142. The Balaban J connectivity index is 1.68. The van der Waals surface area contributed by atoms with Crippen LogP contribution in [-0.2, 0) is 0 Å². The molecule has 9 nitrogen and oxygen atoms in total. The minimum atomic E-state index is -0.860. The molecule has 0 fully saturated rings. The summed E-state index contributed by atoms with van der Waals surface area (Å²) in [5.41, 5.74) is 3.23. The van der Waals surface area contributed by atoms with E-state index in [1.54, 1.807) is 49.4 Å². The Morgan fingerprint density at radius 2 is 1.97 bits per heavy atom. The number of hydrogen-bond acceptors (Lipinski definition) is 7. The third-order valence-electron chi connectivity index (χ3n) is 5.32. The third-order valence-corrected chi connectivity index (χ3v) is 6.09. The molecule has 3 aromatic heterocycles. The molecule has 0 aliphatic heterocycles. The van der Waals surface area contributed by atoms with E-state index in [0.717, 1.165) is 22.3 Å². The summed E-state index contributed by atoms with van der Waals surface area (Å²) in [6.07, 6.45) is 5.39. The predicted octanol–water partition coefficient (Wildman–Crippen LogP) is 4.23. The number of hydrogen-bond donors (Lipinski definition) is 3. The van der Waals surface area contributed by atoms with Crippen LogP contribution in [0.1, 0.15) is 29.9 Å². The first-order valence-corrected chi connectivity index (χ1v) is 11.6. The second kappa shape index (κ2) is 9.62. The van der Waals surface area contributed by atoms with Gasteiger partial charge in [0, 0.05) is 48.8 Å². The van der Waals surface area contributed by atoms with Crippen molar-refractivity contribution >= 4 is 51.4 Å². The minimum Gasteiger partial charge on any atom is -0.390 e. The maximum atomic E-state index is 12.4. The average molecular weight is 479 g/mol. The number of benzene rings is 1. The number of carbonyl (C=O) groups is 2. The largest absolute Gasteiger partial charge is 0.390 e. The second-order valence-corrected chi connectivity index (χ2v) is 9.30. The second-order valence-electron chi connectivity index (χ2n) is 8.42. The number of amides is 2. The fourth-order valence-electron chi connectivity index (χ4n) is 3.55. The molecule has 0 spiro atoms. The lowest BCUT2D eigenvalue weighted by atomic mass is 10.0. The molecule has 1 aromatic carbocycles. The fourth-order valence-corrected chi connectivity index (χ4v) is 4.06. The molecule has 34 heavy (non-hydrogen) atoms. The third kappa shape index (κ3) is 5.24. The van der Waals surface area contributed by atoms with Crippen LogP contribution in [0, 0.1) is 0 Å². The number of pyridine rings is 1. The smallest absolute Gasteiger partial charge is 0.325 e. The first kappa shape index (κ1) is 23.4. The number of aliphatic hydroxyl groups is 1. The van der Waals surface area contributed by atoms with Crippen molar-refractivity contribution in [3.05, 3.63) is 65.4 Å². The summed E-state index contributed by atoms with van der Waals surface area (Å²) in [6, 6.07) is 11.1. The molecule has 0 bridgehead atoms. The SMILES string of the molecule is CNC(=O)n1ccc2cc(N(CCC(C)(C)O)c3ccnc(NC(=O)c4cncs4)c3)ccc21. The van der Waals surface area contributed by atoms with Crippen molar-refractivity contribution in [1.82, 2.24) is 19.9 Å². The molecule has 176 valence electrons. The minimum absolute atomic E-state index is 0.211. The first-order valence-electron chi connectivity index (χ1n) is 10.7. The molecule has 3 N–H and O–H groups in total. The highest BCUT2D eigenvalue weighted by Gasteiger charge is 2.19. The first-order chi connectivity index (χ1) is 16.2. The molecule has 4 rings (SSSR count). The van der Waals surface area contributed by atoms with Gasteiger partial charge < -0.3 is 20.6 Å². The molecule has 0 aliphatic rings. The maximum absolute atomic E-state index is 12.4. The number of carbonyl (C=O) groups excluding carboxylic acids is 2. The van der Waals surface area contributed by atoms with E-state index in [2.05, 4.69) is 25.5 Å². The zero-order valence-corrected chi connectivity index (χ0v) is 20.0. The highest BCUT2D eigenvalue weighted by Crippen LogP contribution is 2.31. The van der Waals surface area contributed by atoms with E-state index in [4.69, 9.17) is 0 Å². The molecule has 4 aromatic rings. The van der Waals surface area contributed by atoms with Gasteiger partial charge in [-0.05, 0) is 50.6 Å². The topological polar surface area (TPSA) is 112 Å². The van der Waals surface area contributed by atoms with Crippen molar-refractivity contribution in [2.24, 2.45) is 0 Å². The van der Waals surface area contributed by atoms with Crippen LogP contribution in [0.3, 0.4) is 0 Å². The van der Waals surface area contributed by atoms with Gasteiger partial charge in [0.25, 0.3) is 5.91 Å². The number of fused-ring (bicyclic) bond motifs is 1. The highest BCUT2D eigenvalue weighted by molar-refractivity contribution is 7.11. The van der Waals surface area contributed by atoms with Gasteiger partial charge in [-0.2, -0.15) is 0 Å². The summed E-state index contributed by atoms with van der Waals surface area (Å²) < 4.78 is 1.56. The normalized spacial score (nSPS) is 11.4. The lowest BCUT2D eigenvalue weighted by Gasteiger charge is -2.28. The molecular formula is C24H26N6O3S. The average Bonchev–Trinajstić information content (AvgIpc) is 3.48. The Hall–Kier alpha value is -3.76. The van der Waals surface area contributed by atoms with Crippen molar-refractivity contribution in [2.45, 2.75) is 25.9 Å². The van der Waals surface area contributed by atoms with Crippen molar-refractivity contribution in [3.8, 4) is 0 Å². The van der Waals surface area contributed by atoms with E-state index in [-0.39, 0.29) is 11.9 Å². The number of rotatable bonds is 7. The summed E-state index contributed by atoms with van der Waals surface area (Å²) in [4.78, 5) is 35.3. The molecule has 0 atom stereocenters. The molecule has 0 aliphatic carbocycles. The zero-order chi connectivity index (χ0) is 24.3. The molecule has 0 radical (unpaired) electrons. The maximum Gasteiger partial charge on any atom is 0.325 e. The van der Waals surface area contributed by atoms with Gasteiger partial charge in [0.1, 0.15) is 10.7 Å². The van der Waals surface area contributed by atoms with Gasteiger partial charge in [0.15, 0.2) is 0 Å². The van der Waals surface area contributed by atoms with Crippen LogP contribution < -0.4 is 15.5 Å². The van der Waals surface area contributed by atoms with E-state index < -0.39 is 5.60 Å². The van der Waals surface area contributed by atoms with Crippen LogP contribution in [0.2, 0.25) is 0 Å². The van der Waals surface area contributed by atoms with Gasteiger partial charge in [-0.3, -0.25) is 14.3 Å². The quantitative estimate of drug-likeness (QED) is 0.366. The standard InChI is InChI=1S/C24H26N6O3S/c1-24(2,33)8-11-29(17-4-5-19-16(12-17)7-10-30(19)23(32)25-3)18-6-9-27-21(13-18)28-22(31)20-14-26-15-34-20/h4-7,9-10,12-15,33H,8,11H2,1-3H3,(H,25,32)(H,27,28,31). The lowest BCUT2D eigenvalue weighted by molar-refractivity contribution is 0.0737. The van der Waals surface area contributed by atoms with Crippen LogP contribution in [0.25, 0.3) is 10.9 Å². The van der Waals surface area contributed by atoms with Gasteiger partial charge in [0.05, 0.1) is 22.8 Å². The van der Waals surface area contributed by atoms with E-state index in [1.807, 2.05) is 30.3 Å². The summed E-state index contributed by atoms with van der Waals surface area (Å²) in [7, 11) is 1.59. The van der Waals surface area contributed by atoms with Gasteiger partial charge >= 0.3 is 6.03 Å². The number of thiazole rings is 1. The van der Waals surface area contributed by atoms with Crippen molar-refractivity contribution < 1.29 is 14.7 Å². The molecule has 0 saturated heterocycles. The zero-order valence-electron chi connectivity index (χ0n) is 19.1. The van der Waals surface area contributed by atoms with Gasteiger partial charge in [-0.25, -0.2) is 9.78 Å². The van der Waals surface area contributed by atoms with Crippen LogP contribution in [-0.4, -0.2) is 50.8 Å². The van der Waals surface area contributed by atoms with Crippen LogP contribution >= 0.6 is 11.3 Å². The van der Waals surface area contributed by atoms with Crippen LogP contribution in [0.4, 0.5) is 22.0 Å². The van der Waals surface area contributed by atoms with E-state index in [9.17, 15) is 14.7 Å². The van der Waals surface area contributed by atoms with Crippen LogP contribution in [0.15, 0.2) is 60.5 Å². The van der Waals surface area contributed by atoms with Crippen LogP contribution in [0.5, 0.6) is 0 Å². The Morgan fingerprint density at radius 3 is 2.68 bits per heavy atom. The number of nitrogens with zero attached hydrogens (tertiary/aromatic N) is 4. The Morgan fingerprint density at radius 1 is 1.18 bits per heavy atom. The monoisotopic (exact) mass is 478 g/mol. The van der Waals surface area contributed by atoms with Crippen molar-refractivity contribution in [3.63, 3.8) is 0 Å². The molecular weight excluding hydrogens is 452 g/mol. The highest BCUT2D eigenvalue weighted by atomic mass is 32.1. The van der Waals surface area contributed by atoms with Crippen molar-refractivity contribution in [1.29, 1.82) is 0 Å². The summed E-state index contributed by atoms with van der Waals surface area (Å²) in [5, 5.41) is 16.7. The predicted molar refractivity (Wildman–Crippen MR) is 134 cm³/mol. The molecule has 0 saturated carbocycles. The van der Waals surface area contributed by atoms with E-state index in [1.165, 1.54) is 17.5 Å². The molecule has 10 heteroatoms. The molecule has 0 unspecified atom stereocenters. The molecule has 2 amide bonds. The number of aromatic nitrogens is 3. The van der Waals surface area contributed by atoms with Gasteiger partial charge in [-0.15, -0.1) is 11.3 Å². The Labute approximate surface area is 201 Å². The van der Waals surface area contributed by atoms with E-state index in [0.29, 0.717) is 23.7 Å². The Kier molecular flexibility index (Phi) is 6.62. The summed E-state index contributed by atoms with van der Waals surface area (Å²) >= 11 is 1.26. The Bertz CT molecular complexity index is 1310. The summed E-state index contributed by atoms with van der Waals surface area (Å²) in [6.45, 7) is 4.06. The number of anilines is 3.